The number of nitrogens with one attached hydrogen (secondary N) is 2. The fourth-order valence-corrected chi connectivity index (χ4v) is 4.34. The highest BCUT2D eigenvalue weighted by atomic mass is 35.5. The van der Waals surface area contributed by atoms with Crippen LogP contribution in [0, 0.1) is 0 Å². The quantitative estimate of drug-likeness (QED) is 0.271. The van der Waals surface area contributed by atoms with Crippen LogP contribution < -0.4 is 16.1 Å². The van der Waals surface area contributed by atoms with Crippen molar-refractivity contribution < 1.29 is 9.90 Å². The maximum Gasteiger partial charge on any atom is 0.228 e. The van der Waals surface area contributed by atoms with Crippen LogP contribution in [-0.2, 0) is 17.8 Å². The molecular formula is C27H22BCl2N5O2. The van der Waals surface area contributed by atoms with Gasteiger partial charge in [0.2, 0.25) is 5.91 Å². The Morgan fingerprint density at radius 3 is 2.62 bits per heavy atom. The van der Waals surface area contributed by atoms with E-state index in [9.17, 15) is 9.90 Å². The summed E-state index contributed by atoms with van der Waals surface area (Å²) in [5.41, 5.74) is 5.33. The van der Waals surface area contributed by atoms with E-state index in [-0.39, 0.29) is 18.1 Å². The van der Waals surface area contributed by atoms with Crippen molar-refractivity contribution in [3.8, 4) is 17.0 Å². The highest BCUT2D eigenvalue weighted by molar-refractivity contribution is 6.42. The number of carbonyl (C=O) groups excluding carboxylic acids is 1. The third-order valence-electron chi connectivity index (χ3n) is 5.86. The Balaban J connectivity index is 1.33. The zero-order valence-electron chi connectivity index (χ0n) is 19.9. The summed E-state index contributed by atoms with van der Waals surface area (Å²) in [7, 11) is 1.94. The zero-order valence-corrected chi connectivity index (χ0v) is 21.4. The van der Waals surface area contributed by atoms with Gasteiger partial charge in [0, 0.05) is 30.1 Å². The van der Waals surface area contributed by atoms with Crippen LogP contribution in [0.4, 0.5) is 11.5 Å². The summed E-state index contributed by atoms with van der Waals surface area (Å²) in [6.07, 6.45) is 1.94. The molecule has 3 aromatic carbocycles. The predicted molar refractivity (Wildman–Crippen MR) is 151 cm³/mol. The summed E-state index contributed by atoms with van der Waals surface area (Å²) >= 11 is 12.0. The average Bonchev–Trinajstić information content (AvgIpc) is 3.26. The Bertz CT molecular complexity index is 1620. The molecule has 0 aliphatic carbocycles. The van der Waals surface area contributed by atoms with Crippen molar-refractivity contribution in [2.24, 2.45) is 0 Å². The Hall–Kier alpha value is -4.01. The molecule has 0 aliphatic heterocycles. The SMILES string of the molecule is Bc1cnn2c(NCc3cccc(NC(=O)Cc4ccc(Cl)c(Cl)c4)c3)cc(-c3ccccc3O)nc12. The Kier molecular flexibility index (Phi) is 7.03. The molecular weight excluding hydrogens is 508 g/mol. The summed E-state index contributed by atoms with van der Waals surface area (Å²) in [6, 6.07) is 21.7. The van der Waals surface area contributed by atoms with Crippen LogP contribution in [0.3, 0.4) is 0 Å². The van der Waals surface area contributed by atoms with Crippen molar-refractivity contribution >= 4 is 59.6 Å². The smallest absolute Gasteiger partial charge is 0.228 e. The molecule has 1 amide bonds. The fraction of sp³-hybridized carbons (Fsp3) is 0.0741. The fourth-order valence-electron chi connectivity index (χ4n) is 4.02. The summed E-state index contributed by atoms with van der Waals surface area (Å²) < 4.78 is 1.74. The minimum Gasteiger partial charge on any atom is -0.507 e. The summed E-state index contributed by atoms with van der Waals surface area (Å²) in [4.78, 5) is 17.3. The van der Waals surface area contributed by atoms with Gasteiger partial charge in [0.15, 0.2) is 5.65 Å². The summed E-state index contributed by atoms with van der Waals surface area (Å²) in [5, 5.41) is 22.0. The molecule has 3 N–H and O–H groups in total. The topological polar surface area (TPSA) is 91.5 Å². The van der Waals surface area contributed by atoms with Crippen LogP contribution in [0.5, 0.6) is 5.75 Å². The van der Waals surface area contributed by atoms with Crippen molar-refractivity contribution in [2.75, 3.05) is 10.6 Å². The lowest BCUT2D eigenvalue weighted by Gasteiger charge is -2.13. The van der Waals surface area contributed by atoms with E-state index in [1.807, 2.05) is 50.3 Å². The zero-order chi connectivity index (χ0) is 25.9. The molecule has 0 saturated carbocycles. The number of rotatable bonds is 7. The van der Waals surface area contributed by atoms with Crippen molar-refractivity contribution in [3.05, 3.63) is 100 Å². The van der Waals surface area contributed by atoms with Gasteiger partial charge in [-0.25, -0.2) is 4.98 Å². The second kappa shape index (κ2) is 10.5. The average molecular weight is 530 g/mol. The van der Waals surface area contributed by atoms with Crippen molar-refractivity contribution in [1.82, 2.24) is 14.6 Å². The van der Waals surface area contributed by atoms with Gasteiger partial charge in [0.1, 0.15) is 19.4 Å². The highest BCUT2D eigenvalue weighted by Gasteiger charge is 2.13. The minimum atomic E-state index is -0.154. The molecule has 0 radical (unpaired) electrons. The van der Waals surface area contributed by atoms with Crippen LogP contribution in [0.2, 0.25) is 10.0 Å². The van der Waals surface area contributed by atoms with E-state index in [1.165, 1.54) is 0 Å². The number of halogens is 2. The minimum absolute atomic E-state index is 0.154. The standard InChI is InChI=1S/C27H22BCl2N5O2/c28-20-15-32-35-25(13-23(34-27(20)35)19-6-1-2-7-24(19)36)31-14-17-4-3-5-18(10-17)33-26(37)12-16-8-9-21(29)22(30)11-16/h1-11,13,15,31,36H,12,14,28H2,(H,33,37). The van der Waals surface area contributed by atoms with Crippen molar-refractivity contribution in [2.45, 2.75) is 13.0 Å². The summed E-state index contributed by atoms with van der Waals surface area (Å²) in [5.74, 6) is 0.732. The number of phenols is 1. The van der Waals surface area contributed by atoms with Crippen molar-refractivity contribution in [1.29, 1.82) is 0 Å². The van der Waals surface area contributed by atoms with E-state index in [1.54, 1.807) is 41.0 Å². The van der Waals surface area contributed by atoms with Gasteiger partial charge in [-0.05, 0) is 53.0 Å². The lowest BCUT2D eigenvalue weighted by atomic mass is 10.0. The first-order valence-corrected chi connectivity index (χ1v) is 12.3. The number of aromatic nitrogens is 3. The third-order valence-corrected chi connectivity index (χ3v) is 6.60. The van der Waals surface area contributed by atoms with Gasteiger partial charge in [-0.1, -0.05) is 53.5 Å². The monoisotopic (exact) mass is 529 g/mol. The van der Waals surface area contributed by atoms with Crippen molar-refractivity contribution in [3.63, 3.8) is 0 Å². The molecule has 0 unspecified atom stereocenters. The number of hydrogen-bond donors (Lipinski definition) is 3. The Morgan fingerprint density at radius 2 is 1.81 bits per heavy atom. The second-order valence-corrected chi connectivity index (χ2v) is 9.45. The molecule has 2 aromatic heterocycles. The summed E-state index contributed by atoms with van der Waals surface area (Å²) in [6.45, 7) is 0.481. The number of carbonyl (C=O) groups is 1. The van der Waals surface area contributed by atoms with Gasteiger partial charge in [-0.2, -0.15) is 9.61 Å². The normalized spacial score (nSPS) is 11.0. The van der Waals surface area contributed by atoms with Gasteiger partial charge < -0.3 is 15.7 Å². The number of anilines is 2. The van der Waals surface area contributed by atoms with Gasteiger partial charge >= 0.3 is 0 Å². The number of para-hydroxylation sites is 1. The predicted octanol–water partition coefficient (Wildman–Crippen LogP) is 4.46. The van der Waals surface area contributed by atoms with Crippen LogP contribution >= 0.6 is 23.2 Å². The van der Waals surface area contributed by atoms with Gasteiger partial charge in [-0.3, -0.25) is 4.79 Å². The van der Waals surface area contributed by atoms with E-state index in [0.29, 0.717) is 39.2 Å². The largest absolute Gasteiger partial charge is 0.507 e. The van der Waals surface area contributed by atoms with E-state index >= 15 is 0 Å². The first-order chi connectivity index (χ1) is 17.9. The van der Waals surface area contributed by atoms with Crippen LogP contribution in [0.15, 0.2) is 79.0 Å². The Labute approximate surface area is 224 Å². The number of benzene rings is 3. The molecule has 0 spiro atoms. The molecule has 5 aromatic rings. The second-order valence-electron chi connectivity index (χ2n) is 8.63. The Morgan fingerprint density at radius 1 is 0.973 bits per heavy atom. The maximum absolute atomic E-state index is 12.6. The van der Waals surface area contributed by atoms with E-state index in [4.69, 9.17) is 28.2 Å². The molecule has 0 fully saturated rings. The van der Waals surface area contributed by atoms with Gasteiger partial charge in [0.25, 0.3) is 0 Å². The van der Waals surface area contributed by atoms with E-state index in [0.717, 1.165) is 22.4 Å². The first-order valence-electron chi connectivity index (χ1n) is 11.6. The molecule has 0 aliphatic rings. The molecule has 2 heterocycles. The number of aromatic hydroxyl groups is 1. The molecule has 0 bridgehead atoms. The molecule has 5 rings (SSSR count). The lowest BCUT2D eigenvalue weighted by Crippen LogP contribution is -2.14. The third kappa shape index (κ3) is 5.55. The van der Waals surface area contributed by atoms with Crippen LogP contribution in [-0.4, -0.2) is 33.5 Å². The number of fused-ring (bicyclic) bond motifs is 1. The number of phenolic OH excluding ortho intramolecular Hbond substituents is 1. The molecule has 0 atom stereocenters. The molecule has 10 heteroatoms. The number of amides is 1. The van der Waals surface area contributed by atoms with Crippen LogP contribution in [0.1, 0.15) is 11.1 Å². The molecule has 184 valence electrons. The van der Waals surface area contributed by atoms with E-state index < -0.39 is 0 Å². The number of nitrogens with zero attached hydrogens (tertiary/aromatic N) is 3. The number of hydrogen-bond acceptors (Lipinski definition) is 5. The molecule has 7 nitrogen and oxygen atoms in total. The highest BCUT2D eigenvalue weighted by Crippen LogP contribution is 2.29. The molecule has 37 heavy (non-hydrogen) atoms. The maximum atomic E-state index is 12.6. The van der Waals surface area contributed by atoms with Gasteiger partial charge in [0.05, 0.1) is 22.2 Å². The first kappa shape index (κ1) is 24.7. The van der Waals surface area contributed by atoms with Crippen LogP contribution in [0.25, 0.3) is 16.9 Å². The van der Waals surface area contributed by atoms with Gasteiger partial charge in [-0.15, -0.1) is 0 Å². The lowest BCUT2D eigenvalue weighted by molar-refractivity contribution is -0.115. The van der Waals surface area contributed by atoms with E-state index in [2.05, 4.69) is 15.7 Å². The molecule has 0 saturated heterocycles.